The molecule has 7 heteroatoms. The third-order valence-corrected chi connectivity index (χ3v) is 2.69. The number of rotatable bonds is 1. The lowest BCUT2D eigenvalue weighted by molar-refractivity contribution is -0.115. The molecule has 0 unspecified atom stereocenters. The van der Waals surface area contributed by atoms with Gasteiger partial charge in [0.2, 0.25) is 5.91 Å². The highest BCUT2D eigenvalue weighted by atomic mass is 16.5. The van der Waals surface area contributed by atoms with Gasteiger partial charge in [0, 0.05) is 6.07 Å². The number of nitrogens with zero attached hydrogens (tertiary/aromatic N) is 1. The van der Waals surface area contributed by atoms with Gasteiger partial charge in [0.15, 0.2) is 0 Å². The van der Waals surface area contributed by atoms with Crippen LogP contribution < -0.4 is 32.4 Å². The molecule has 2 rings (SSSR count). The van der Waals surface area contributed by atoms with Crippen molar-refractivity contribution >= 4 is 17.3 Å². The maximum Gasteiger partial charge on any atom is 0.230 e. The largest absolute Gasteiger partial charge is 0.497 e. The van der Waals surface area contributed by atoms with E-state index in [0.29, 0.717) is 22.8 Å². The molecule has 0 spiro atoms. The first kappa shape index (κ1) is 24.8. The Bertz CT molecular complexity index is 540. The average Bonchev–Trinajstić information content (AvgIpc) is 2.75. The SMILES string of the molecule is CC.CC.CCC.COc1ccc2c(c1)N(N)C(=C(N)N)CC(=O)N2. The Morgan fingerprint density at radius 2 is 1.72 bits per heavy atom. The fourth-order valence-corrected chi connectivity index (χ4v) is 1.76. The normalized spacial score (nSPS) is 11.8. The highest BCUT2D eigenvalue weighted by molar-refractivity contribution is 5.98. The zero-order chi connectivity index (χ0) is 20.0. The minimum absolute atomic E-state index is 0.0170. The van der Waals surface area contributed by atoms with Gasteiger partial charge in [0.25, 0.3) is 0 Å². The van der Waals surface area contributed by atoms with Crippen molar-refractivity contribution in [1.82, 2.24) is 0 Å². The van der Waals surface area contributed by atoms with Crippen LogP contribution in [0.25, 0.3) is 0 Å². The molecule has 1 aliphatic heterocycles. The van der Waals surface area contributed by atoms with E-state index in [-0.39, 0.29) is 18.1 Å². The molecule has 0 saturated carbocycles. The maximum atomic E-state index is 11.7. The Kier molecular flexibility index (Phi) is 13.9. The van der Waals surface area contributed by atoms with Crippen LogP contribution in [0.1, 0.15) is 54.4 Å². The molecule has 1 heterocycles. The van der Waals surface area contributed by atoms with Crippen LogP contribution in [0.2, 0.25) is 0 Å². The van der Waals surface area contributed by atoms with E-state index in [1.54, 1.807) is 25.3 Å². The Morgan fingerprint density at radius 3 is 2.16 bits per heavy atom. The summed E-state index contributed by atoms with van der Waals surface area (Å²) in [4.78, 5) is 11.7. The minimum Gasteiger partial charge on any atom is -0.497 e. The number of carbonyl (C=O) groups excluding carboxylic acids is 1. The van der Waals surface area contributed by atoms with Crippen LogP contribution >= 0.6 is 0 Å². The second-order valence-electron chi connectivity index (χ2n) is 4.59. The summed E-state index contributed by atoms with van der Waals surface area (Å²) in [5, 5.41) is 4.02. The summed E-state index contributed by atoms with van der Waals surface area (Å²) in [6.07, 6.45) is 1.27. The van der Waals surface area contributed by atoms with E-state index in [4.69, 9.17) is 22.0 Å². The van der Waals surface area contributed by atoms with Crippen LogP contribution in [-0.2, 0) is 4.79 Å². The Labute approximate surface area is 152 Å². The molecule has 7 N–H and O–H groups in total. The first-order valence-electron chi connectivity index (χ1n) is 8.71. The van der Waals surface area contributed by atoms with E-state index in [9.17, 15) is 4.79 Å². The standard InChI is InChI=1S/C11H15N5O2.C3H8.2C2H6/c1-18-6-2-3-7-8(4-6)16(14)9(11(12)13)5-10(17)15-7;1-3-2;2*1-2/h2-4H,5,12-14H2,1H3,(H,15,17);3H2,1-2H3;2*1-2H3. The molecule has 0 saturated heterocycles. The number of benzene rings is 1. The number of carbonyl (C=O) groups is 1. The predicted molar refractivity (Wildman–Crippen MR) is 107 cm³/mol. The van der Waals surface area contributed by atoms with Crippen LogP contribution in [0, 0.1) is 0 Å². The molecule has 25 heavy (non-hydrogen) atoms. The van der Waals surface area contributed by atoms with Crippen LogP contribution in [0.4, 0.5) is 11.4 Å². The van der Waals surface area contributed by atoms with Crippen molar-refractivity contribution < 1.29 is 9.53 Å². The van der Waals surface area contributed by atoms with Gasteiger partial charge in [0.05, 0.1) is 30.6 Å². The van der Waals surface area contributed by atoms with Crippen molar-refractivity contribution in [3.63, 3.8) is 0 Å². The zero-order valence-corrected chi connectivity index (χ0v) is 16.6. The molecule has 0 radical (unpaired) electrons. The number of anilines is 2. The lowest BCUT2D eigenvalue weighted by atomic mass is 10.2. The molecule has 1 amide bonds. The van der Waals surface area contributed by atoms with Crippen LogP contribution in [0.3, 0.4) is 0 Å². The topological polar surface area (TPSA) is 120 Å². The second kappa shape index (κ2) is 14.0. The van der Waals surface area contributed by atoms with Crippen molar-refractivity contribution in [3.05, 3.63) is 29.7 Å². The number of hydrogen-bond acceptors (Lipinski definition) is 6. The zero-order valence-electron chi connectivity index (χ0n) is 16.6. The van der Waals surface area contributed by atoms with E-state index in [2.05, 4.69) is 19.2 Å². The van der Waals surface area contributed by atoms with Crippen LogP contribution in [0.5, 0.6) is 5.75 Å². The summed E-state index contributed by atoms with van der Waals surface area (Å²) in [6, 6.07) is 5.14. The summed E-state index contributed by atoms with van der Waals surface area (Å²) in [6.45, 7) is 12.2. The van der Waals surface area contributed by atoms with Gasteiger partial charge in [-0.15, -0.1) is 0 Å². The number of ether oxygens (including phenoxy) is 1. The molecule has 144 valence electrons. The molecule has 1 aliphatic rings. The van der Waals surface area contributed by atoms with Crippen LogP contribution in [0.15, 0.2) is 29.7 Å². The highest BCUT2D eigenvalue weighted by Gasteiger charge is 2.23. The number of fused-ring (bicyclic) bond motifs is 1. The van der Waals surface area contributed by atoms with Gasteiger partial charge in [-0.05, 0) is 12.1 Å². The van der Waals surface area contributed by atoms with Gasteiger partial charge in [-0.1, -0.05) is 48.0 Å². The minimum atomic E-state index is -0.224. The molecule has 0 atom stereocenters. The summed E-state index contributed by atoms with van der Waals surface area (Å²) >= 11 is 0. The molecule has 7 nitrogen and oxygen atoms in total. The Morgan fingerprint density at radius 1 is 1.20 bits per heavy atom. The van der Waals surface area contributed by atoms with Gasteiger partial charge in [-0.3, -0.25) is 9.80 Å². The molecular weight excluding hydrogens is 318 g/mol. The number of hydrogen-bond donors (Lipinski definition) is 4. The smallest absolute Gasteiger partial charge is 0.230 e. The van der Waals surface area contributed by atoms with Gasteiger partial charge >= 0.3 is 0 Å². The van der Waals surface area contributed by atoms with E-state index >= 15 is 0 Å². The fraction of sp³-hybridized carbons (Fsp3) is 0.500. The van der Waals surface area contributed by atoms with Crippen molar-refractivity contribution in [2.45, 2.75) is 54.4 Å². The van der Waals surface area contributed by atoms with Crippen LogP contribution in [-0.4, -0.2) is 13.0 Å². The first-order valence-corrected chi connectivity index (χ1v) is 8.71. The fourth-order valence-electron chi connectivity index (χ4n) is 1.76. The van der Waals surface area contributed by atoms with Crippen molar-refractivity contribution in [1.29, 1.82) is 0 Å². The second-order valence-corrected chi connectivity index (χ2v) is 4.59. The first-order chi connectivity index (χ1) is 11.9. The predicted octanol–water partition coefficient (Wildman–Crippen LogP) is 3.27. The van der Waals surface area contributed by atoms with Gasteiger partial charge in [-0.2, -0.15) is 0 Å². The molecule has 0 aromatic heterocycles. The maximum absolute atomic E-state index is 11.7. The molecule has 0 bridgehead atoms. The number of nitrogens with one attached hydrogen (secondary N) is 1. The monoisotopic (exact) mass is 353 g/mol. The van der Waals surface area contributed by atoms with Crippen molar-refractivity contribution in [2.75, 3.05) is 17.4 Å². The Balaban J connectivity index is 0. The van der Waals surface area contributed by atoms with Crippen molar-refractivity contribution in [3.8, 4) is 5.75 Å². The highest BCUT2D eigenvalue weighted by Crippen LogP contribution is 2.34. The quantitative estimate of drug-likeness (QED) is 0.575. The molecular formula is C18H35N5O2. The summed E-state index contributed by atoms with van der Waals surface area (Å²) in [7, 11) is 1.55. The molecule has 0 aliphatic carbocycles. The third kappa shape index (κ3) is 7.80. The van der Waals surface area contributed by atoms with Gasteiger partial charge in [-0.25, -0.2) is 5.84 Å². The Hall–Kier alpha value is -2.41. The summed E-state index contributed by atoms with van der Waals surface area (Å²) < 4.78 is 5.12. The number of methoxy groups -OCH3 is 1. The lowest BCUT2D eigenvalue weighted by Crippen LogP contribution is -2.34. The summed E-state index contributed by atoms with van der Waals surface area (Å²) in [5.74, 6) is 6.36. The van der Waals surface area contributed by atoms with E-state index in [1.165, 1.54) is 11.4 Å². The number of amides is 1. The third-order valence-electron chi connectivity index (χ3n) is 2.69. The van der Waals surface area contributed by atoms with E-state index in [0.717, 1.165) is 0 Å². The molecule has 0 fully saturated rings. The molecule has 1 aromatic rings. The molecule has 1 aromatic carbocycles. The van der Waals surface area contributed by atoms with Crippen molar-refractivity contribution in [2.24, 2.45) is 17.3 Å². The number of nitrogens with two attached hydrogens (primary N) is 3. The van der Waals surface area contributed by atoms with E-state index < -0.39 is 0 Å². The van der Waals surface area contributed by atoms with Gasteiger partial charge < -0.3 is 21.5 Å². The summed E-state index contributed by atoms with van der Waals surface area (Å²) in [5.41, 5.74) is 12.6. The lowest BCUT2D eigenvalue weighted by Gasteiger charge is -2.21. The number of hydrazine groups is 1. The average molecular weight is 354 g/mol. The van der Waals surface area contributed by atoms with Gasteiger partial charge in [0.1, 0.15) is 11.6 Å². The van der Waals surface area contributed by atoms with E-state index in [1.807, 2.05) is 27.7 Å².